The first kappa shape index (κ1) is 27.2. The van der Waals surface area contributed by atoms with Gasteiger partial charge in [0.05, 0.1) is 18.3 Å². The van der Waals surface area contributed by atoms with E-state index in [1.165, 1.54) is 12.1 Å². The van der Waals surface area contributed by atoms with Gasteiger partial charge in [-0.25, -0.2) is 0 Å². The number of piperazine rings is 1. The first-order chi connectivity index (χ1) is 17.8. The lowest BCUT2D eigenvalue weighted by molar-refractivity contribution is -0.137. The molecular formula is C29H30ClF3N2O2. The maximum Gasteiger partial charge on any atom is 0.416 e. The molecule has 1 aliphatic heterocycles. The highest BCUT2D eigenvalue weighted by atomic mass is 35.5. The van der Waals surface area contributed by atoms with Crippen LogP contribution < -0.4 is 0 Å². The Morgan fingerprint density at radius 1 is 0.865 bits per heavy atom. The summed E-state index contributed by atoms with van der Waals surface area (Å²) in [5.74, 6) is 0.163. The highest BCUT2D eigenvalue weighted by Gasteiger charge is 2.30. The molecule has 1 amide bonds. The monoisotopic (exact) mass is 530 g/mol. The Labute approximate surface area is 220 Å². The Hall–Kier alpha value is -2.87. The standard InChI is InChI=1S/C29H30ClF3N2O2/c30-26-13-9-24(10-14-26)27(37-21-23-6-11-25(12-7-23)29(31,32)33)20-34-16-18-35(19-17-34)28(36)15-8-22-4-2-1-3-5-22/h1-7,9-14,27H,8,15-21H2/t27-/m1/s1. The highest BCUT2D eigenvalue weighted by Crippen LogP contribution is 2.30. The van der Waals surface area contributed by atoms with E-state index in [2.05, 4.69) is 4.90 Å². The van der Waals surface area contributed by atoms with Crippen LogP contribution in [0.5, 0.6) is 0 Å². The molecule has 0 saturated carbocycles. The number of halogens is 4. The van der Waals surface area contributed by atoms with Gasteiger partial charge in [-0.05, 0) is 47.4 Å². The van der Waals surface area contributed by atoms with Gasteiger partial charge in [0.2, 0.25) is 5.91 Å². The number of rotatable bonds is 9. The second-order valence-electron chi connectivity index (χ2n) is 9.21. The SMILES string of the molecule is O=C(CCc1ccccc1)N1CCN(C[C@@H](OCc2ccc(C(F)(F)F)cc2)c2ccc(Cl)cc2)CC1. The normalized spacial score (nSPS) is 15.5. The van der Waals surface area contributed by atoms with Crippen LogP contribution >= 0.6 is 11.6 Å². The maximum atomic E-state index is 12.9. The number of aryl methyl sites for hydroxylation is 1. The Bertz CT molecular complexity index is 1130. The van der Waals surface area contributed by atoms with Crippen LogP contribution in [-0.2, 0) is 28.7 Å². The number of hydrogen-bond donors (Lipinski definition) is 0. The molecule has 1 saturated heterocycles. The summed E-state index contributed by atoms with van der Waals surface area (Å²) >= 11 is 6.06. The first-order valence-corrected chi connectivity index (χ1v) is 12.7. The molecule has 1 aliphatic rings. The molecule has 3 aromatic carbocycles. The van der Waals surface area contributed by atoms with Gasteiger partial charge in [-0.2, -0.15) is 13.2 Å². The first-order valence-electron chi connectivity index (χ1n) is 12.4. The molecule has 1 heterocycles. The summed E-state index contributed by atoms with van der Waals surface area (Å²) in [5, 5.41) is 0.618. The summed E-state index contributed by atoms with van der Waals surface area (Å²) in [4.78, 5) is 16.9. The van der Waals surface area contributed by atoms with E-state index in [0.29, 0.717) is 36.6 Å². The number of ether oxygens (including phenoxy) is 1. The molecular weight excluding hydrogens is 501 g/mol. The van der Waals surface area contributed by atoms with Crippen molar-refractivity contribution in [2.75, 3.05) is 32.7 Å². The minimum atomic E-state index is -4.36. The fourth-order valence-corrected chi connectivity index (χ4v) is 4.51. The molecule has 3 aromatic rings. The van der Waals surface area contributed by atoms with Crippen LogP contribution in [0.25, 0.3) is 0 Å². The number of amides is 1. The van der Waals surface area contributed by atoms with Crippen LogP contribution in [0, 0.1) is 0 Å². The van der Waals surface area contributed by atoms with E-state index in [9.17, 15) is 18.0 Å². The van der Waals surface area contributed by atoms with Crippen molar-refractivity contribution in [3.63, 3.8) is 0 Å². The number of carbonyl (C=O) groups excluding carboxylic acids is 1. The predicted molar refractivity (Wildman–Crippen MR) is 138 cm³/mol. The molecule has 1 atom stereocenters. The van der Waals surface area contributed by atoms with E-state index in [1.54, 1.807) is 12.1 Å². The van der Waals surface area contributed by atoms with Crippen molar-refractivity contribution in [1.82, 2.24) is 9.80 Å². The molecule has 8 heteroatoms. The Kier molecular flexibility index (Phi) is 9.24. The van der Waals surface area contributed by atoms with Crippen LogP contribution in [0.3, 0.4) is 0 Å². The molecule has 0 unspecified atom stereocenters. The smallest absolute Gasteiger partial charge is 0.368 e. The van der Waals surface area contributed by atoms with Crippen molar-refractivity contribution in [3.05, 3.63) is 106 Å². The van der Waals surface area contributed by atoms with Gasteiger partial charge in [-0.15, -0.1) is 0 Å². The zero-order chi connectivity index (χ0) is 26.3. The number of nitrogens with zero attached hydrogens (tertiary/aromatic N) is 2. The average Bonchev–Trinajstić information content (AvgIpc) is 2.91. The summed E-state index contributed by atoms with van der Waals surface area (Å²) in [6, 6.07) is 22.5. The number of benzene rings is 3. The lowest BCUT2D eigenvalue weighted by Gasteiger charge is -2.36. The van der Waals surface area contributed by atoms with E-state index in [4.69, 9.17) is 16.3 Å². The second kappa shape index (κ2) is 12.6. The third kappa shape index (κ3) is 8.06. The minimum absolute atomic E-state index is 0.163. The molecule has 1 fully saturated rings. The second-order valence-corrected chi connectivity index (χ2v) is 9.65. The molecule has 0 N–H and O–H groups in total. The van der Waals surface area contributed by atoms with Crippen molar-refractivity contribution in [1.29, 1.82) is 0 Å². The van der Waals surface area contributed by atoms with Gasteiger partial charge < -0.3 is 9.64 Å². The third-order valence-corrected chi connectivity index (χ3v) is 6.85. The van der Waals surface area contributed by atoms with Gasteiger partial charge in [0.15, 0.2) is 0 Å². The molecule has 4 nitrogen and oxygen atoms in total. The third-order valence-electron chi connectivity index (χ3n) is 6.59. The van der Waals surface area contributed by atoms with Gasteiger partial charge in [0.1, 0.15) is 0 Å². The molecule has 37 heavy (non-hydrogen) atoms. The minimum Gasteiger partial charge on any atom is -0.368 e. The van der Waals surface area contributed by atoms with Crippen LogP contribution in [0.15, 0.2) is 78.9 Å². The molecule has 0 aromatic heterocycles. The quantitative estimate of drug-likeness (QED) is 0.321. The van der Waals surface area contributed by atoms with Gasteiger partial charge >= 0.3 is 6.18 Å². The fraction of sp³-hybridized carbons (Fsp3) is 0.345. The Morgan fingerprint density at radius 3 is 2.14 bits per heavy atom. The Morgan fingerprint density at radius 2 is 1.51 bits per heavy atom. The highest BCUT2D eigenvalue weighted by molar-refractivity contribution is 6.30. The summed E-state index contributed by atoms with van der Waals surface area (Å²) < 4.78 is 44.8. The maximum absolute atomic E-state index is 12.9. The number of alkyl halides is 3. The molecule has 0 bridgehead atoms. The molecule has 4 rings (SSSR count). The van der Waals surface area contributed by atoms with Gasteiger partial charge in [0, 0.05) is 44.2 Å². The topological polar surface area (TPSA) is 32.8 Å². The van der Waals surface area contributed by atoms with E-state index in [0.717, 1.165) is 42.8 Å². The van der Waals surface area contributed by atoms with Gasteiger partial charge in [-0.3, -0.25) is 9.69 Å². The largest absolute Gasteiger partial charge is 0.416 e. The average molecular weight is 531 g/mol. The lowest BCUT2D eigenvalue weighted by Crippen LogP contribution is -2.49. The van der Waals surface area contributed by atoms with Crippen LogP contribution in [0.1, 0.15) is 34.8 Å². The van der Waals surface area contributed by atoms with Crippen LogP contribution in [0.2, 0.25) is 5.02 Å². The summed E-state index contributed by atoms with van der Waals surface area (Å²) in [7, 11) is 0. The van der Waals surface area contributed by atoms with E-state index < -0.39 is 11.7 Å². The van der Waals surface area contributed by atoms with Crippen molar-refractivity contribution in [2.24, 2.45) is 0 Å². The number of carbonyl (C=O) groups is 1. The zero-order valence-corrected chi connectivity index (χ0v) is 21.2. The summed E-state index contributed by atoms with van der Waals surface area (Å²) in [6.07, 6.45) is -3.43. The predicted octanol–water partition coefficient (Wildman–Crippen LogP) is 6.39. The van der Waals surface area contributed by atoms with Crippen molar-refractivity contribution in [2.45, 2.75) is 31.7 Å². The molecule has 196 valence electrons. The molecule has 0 spiro atoms. The van der Waals surface area contributed by atoms with Gasteiger partial charge in [0.25, 0.3) is 0 Å². The van der Waals surface area contributed by atoms with Crippen LogP contribution in [0.4, 0.5) is 13.2 Å². The molecule has 0 radical (unpaired) electrons. The van der Waals surface area contributed by atoms with Crippen molar-refractivity contribution < 1.29 is 22.7 Å². The zero-order valence-electron chi connectivity index (χ0n) is 20.5. The number of hydrogen-bond acceptors (Lipinski definition) is 3. The summed E-state index contributed by atoms with van der Waals surface area (Å²) in [6.45, 7) is 3.55. The van der Waals surface area contributed by atoms with Crippen molar-refractivity contribution >= 4 is 17.5 Å². The molecule has 0 aliphatic carbocycles. The van der Waals surface area contributed by atoms with Crippen LogP contribution in [-0.4, -0.2) is 48.4 Å². The summed E-state index contributed by atoms with van der Waals surface area (Å²) in [5.41, 5.74) is 2.09. The Balaban J connectivity index is 1.32. The van der Waals surface area contributed by atoms with E-state index >= 15 is 0 Å². The van der Waals surface area contributed by atoms with Gasteiger partial charge in [-0.1, -0.05) is 66.2 Å². The van der Waals surface area contributed by atoms with E-state index in [-0.39, 0.29) is 18.6 Å². The van der Waals surface area contributed by atoms with Crippen molar-refractivity contribution in [3.8, 4) is 0 Å². The lowest BCUT2D eigenvalue weighted by atomic mass is 10.1. The van der Waals surface area contributed by atoms with E-state index in [1.807, 2.05) is 47.4 Å². The fourth-order valence-electron chi connectivity index (χ4n) is 4.39.